The highest BCUT2D eigenvalue weighted by Gasteiger charge is 2.39. The molecule has 1 saturated carbocycles. The summed E-state index contributed by atoms with van der Waals surface area (Å²) in [5.74, 6) is 0.182. The van der Waals surface area contributed by atoms with Crippen LogP contribution in [0.4, 0.5) is 0 Å². The van der Waals surface area contributed by atoms with Crippen molar-refractivity contribution in [2.75, 3.05) is 7.11 Å². The molecule has 0 spiro atoms. The van der Waals surface area contributed by atoms with E-state index in [0.717, 1.165) is 12.8 Å². The molecule has 102 valence electrons. The van der Waals surface area contributed by atoms with Crippen LogP contribution < -0.4 is 4.74 Å². The summed E-state index contributed by atoms with van der Waals surface area (Å²) < 4.78 is 5.04. The summed E-state index contributed by atoms with van der Waals surface area (Å²) in [5, 5.41) is 11.3. The smallest absolute Gasteiger partial charge is 0.247 e. The summed E-state index contributed by atoms with van der Waals surface area (Å²) in [5.41, 5.74) is 0.575. The summed E-state index contributed by atoms with van der Waals surface area (Å²) in [6, 6.07) is 5.80. The van der Waals surface area contributed by atoms with Crippen molar-refractivity contribution >= 4 is 5.78 Å². The number of nitrogens with zero attached hydrogens (tertiary/aromatic N) is 1. The summed E-state index contributed by atoms with van der Waals surface area (Å²) >= 11 is 0. The molecule has 0 radical (unpaired) electrons. The fraction of sp³-hybridized carbons (Fsp3) is 0.500. The van der Waals surface area contributed by atoms with E-state index in [2.05, 4.69) is 0 Å². The topological polar surface area (TPSA) is 69.4 Å². The van der Waals surface area contributed by atoms with Crippen LogP contribution in [0.25, 0.3) is 0 Å². The highest BCUT2D eigenvalue weighted by molar-refractivity contribution is 5.82. The van der Waals surface area contributed by atoms with Crippen LogP contribution in [0.1, 0.15) is 37.3 Å². The van der Waals surface area contributed by atoms with E-state index in [1.54, 1.807) is 31.4 Å². The number of hydrogen-bond donors (Lipinski definition) is 0. The third kappa shape index (κ3) is 2.92. The maximum Gasteiger partial charge on any atom is 0.247 e. The first-order valence-electron chi connectivity index (χ1n) is 6.43. The Labute approximate surface area is 111 Å². The molecule has 1 aliphatic carbocycles. The largest absolute Gasteiger partial charge is 0.497 e. The minimum atomic E-state index is -0.932. The van der Waals surface area contributed by atoms with Gasteiger partial charge in [0, 0.05) is 16.9 Å². The first kappa shape index (κ1) is 13.5. The van der Waals surface area contributed by atoms with Gasteiger partial charge in [0.1, 0.15) is 11.5 Å². The van der Waals surface area contributed by atoms with Gasteiger partial charge in [-0.3, -0.25) is 14.9 Å². The van der Waals surface area contributed by atoms with Crippen LogP contribution >= 0.6 is 0 Å². The Kier molecular flexibility index (Phi) is 4.14. The Hall–Kier alpha value is -1.91. The number of Topliss-reactive ketones (excluding diaryl/α,β-unsaturated/α-hetero) is 1. The zero-order valence-corrected chi connectivity index (χ0v) is 10.9. The quantitative estimate of drug-likeness (QED) is 0.618. The number of benzene rings is 1. The fourth-order valence-corrected chi connectivity index (χ4v) is 2.65. The Morgan fingerprint density at radius 3 is 2.53 bits per heavy atom. The van der Waals surface area contributed by atoms with Crippen LogP contribution in [0.2, 0.25) is 0 Å². The van der Waals surface area contributed by atoms with Crippen molar-refractivity contribution in [3.05, 3.63) is 39.9 Å². The minimum absolute atomic E-state index is 0.0174. The Morgan fingerprint density at radius 2 is 2.00 bits per heavy atom. The van der Waals surface area contributed by atoms with Crippen molar-refractivity contribution in [3.63, 3.8) is 0 Å². The molecule has 0 aromatic heterocycles. The van der Waals surface area contributed by atoms with Gasteiger partial charge >= 0.3 is 0 Å². The molecular weight excluding hydrogens is 246 g/mol. The van der Waals surface area contributed by atoms with E-state index in [9.17, 15) is 14.9 Å². The Balaban J connectivity index is 2.28. The summed E-state index contributed by atoms with van der Waals surface area (Å²) in [7, 11) is 1.55. The third-order valence-corrected chi connectivity index (χ3v) is 3.67. The van der Waals surface area contributed by atoms with Crippen LogP contribution in [0.5, 0.6) is 5.75 Å². The maximum absolute atomic E-state index is 11.9. The predicted octanol–water partition coefficient (Wildman–Crippen LogP) is 2.77. The first-order valence-corrected chi connectivity index (χ1v) is 6.43. The number of nitro groups is 1. The number of ether oxygens (including phenoxy) is 1. The van der Waals surface area contributed by atoms with Gasteiger partial charge in [-0.1, -0.05) is 6.42 Å². The molecule has 1 aromatic rings. The van der Waals surface area contributed by atoms with Crippen molar-refractivity contribution in [2.45, 2.75) is 31.7 Å². The maximum atomic E-state index is 11.9. The summed E-state index contributed by atoms with van der Waals surface area (Å²) in [4.78, 5) is 22.9. The summed E-state index contributed by atoms with van der Waals surface area (Å²) in [6.45, 7) is 0. The number of carbonyl (C=O) groups is 1. The molecule has 1 fully saturated rings. The van der Waals surface area contributed by atoms with Gasteiger partial charge < -0.3 is 4.74 Å². The van der Waals surface area contributed by atoms with Crippen molar-refractivity contribution in [3.8, 4) is 5.75 Å². The minimum Gasteiger partial charge on any atom is -0.497 e. The second kappa shape index (κ2) is 5.82. The van der Waals surface area contributed by atoms with Crippen LogP contribution in [-0.4, -0.2) is 17.8 Å². The Morgan fingerprint density at radius 1 is 1.32 bits per heavy atom. The molecule has 2 rings (SSSR count). The molecule has 1 aromatic carbocycles. The lowest BCUT2D eigenvalue weighted by atomic mass is 9.80. The van der Waals surface area contributed by atoms with Gasteiger partial charge in [0.05, 0.1) is 13.0 Å². The molecule has 5 nitrogen and oxygen atoms in total. The predicted molar refractivity (Wildman–Crippen MR) is 69.7 cm³/mol. The average molecular weight is 263 g/mol. The van der Waals surface area contributed by atoms with Crippen LogP contribution in [0.15, 0.2) is 24.3 Å². The molecule has 1 aliphatic rings. The molecule has 19 heavy (non-hydrogen) atoms. The van der Waals surface area contributed by atoms with Gasteiger partial charge in [0.15, 0.2) is 0 Å². The van der Waals surface area contributed by atoms with E-state index in [1.807, 2.05) is 0 Å². The van der Waals surface area contributed by atoms with Gasteiger partial charge in [0.25, 0.3) is 0 Å². The normalized spacial score (nSPS) is 20.9. The molecule has 0 aliphatic heterocycles. The summed E-state index contributed by atoms with van der Waals surface area (Å²) in [6.07, 6.45) is 2.81. The van der Waals surface area contributed by atoms with Crippen LogP contribution in [-0.2, 0) is 4.79 Å². The first-order chi connectivity index (χ1) is 9.13. The lowest BCUT2D eigenvalue weighted by Crippen LogP contribution is -2.30. The molecular formula is C14H17NO4. The molecule has 0 bridgehead atoms. The van der Waals surface area contributed by atoms with Gasteiger partial charge in [-0.2, -0.15) is 0 Å². The van der Waals surface area contributed by atoms with Crippen molar-refractivity contribution in [1.82, 2.24) is 0 Å². The number of carbonyl (C=O) groups excluding carboxylic acids is 1. The van der Waals surface area contributed by atoms with Gasteiger partial charge in [-0.15, -0.1) is 0 Å². The van der Waals surface area contributed by atoms with E-state index in [-0.39, 0.29) is 10.7 Å². The number of ketones is 1. The molecule has 5 heteroatoms. The Bertz CT molecular complexity index is 469. The monoisotopic (exact) mass is 263 g/mol. The van der Waals surface area contributed by atoms with Crippen molar-refractivity contribution in [1.29, 1.82) is 0 Å². The number of methoxy groups -OCH3 is 1. The van der Waals surface area contributed by atoms with Gasteiger partial charge in [-0.05, 0) is 37.1 Å². The highest BCUT2D eigenvalue weighted by atomic mass is 16.6. The van der Waals surface area contributed by atoms with Gasteiger partial charge in [0.2, 0.25) is 6.04 Å². The van der Waals surface area contributed by atoms with Crippen molar-refractivity contribution < 1.29 is 14.5 Å². The lowest BCUT2D eigenvalue weighted by molar-refractivity contribution is -0.536. The second-order valence-electron chi connectivity index (χ2n) is 4.82. The zero-order valence-electron chi connectivity index (χ0n) is 10.9. The van der Waals surface area contributed by atoms with E-state index < -0.39 is 12.0 Å². The zero-order chi connectivity index (χ0) is 13.8. The molecule has 2 atom stereocenters. The average Bonchev–Trinajstić information content (AvgIpc) is 2.42. The van der Waals surface area contributed by atoms with E-state index >= 15 is 0 Å². The second-order valence-corrected chi connectivity index (χ2v) is 4.82. The number of hydrogen-bond acceptors (Lipinski definition) is 4. The molecule has 0 saturated heterocycles. The van der Waals surface area contributed by atoms with Crippen molar-refractivity contribution in [2.24, 2.45) is 5.92 Å². The van der Waals surface area contributed by atoms with Crippen LogP contribution in [0.3, 0.4) is 0 Å². The molecule has 0 unspecified atom stereocenters. The number of rotatable bonds is 4. The van der Waals surface area contributed by atoms with Gasteiger partial charge in [-0.25, -0.2) is 0 Å². The fourth-order valence-electron chi connectivity index (χ4n) is 2.65. The highest BCUT2D eigenvalue weighted by Crippen LogP contribution is 2.34. The third-order valence-electron chi connectivity index (χ3n) is 3.67. The standard InChI is InChI=1S/C14H17NO4/c1-19-11-8-6-10(7-9-11)14(15(17)18)12-4-2-3-5-13(12)16/h6-9,12,14H,2-5H2,1H3/t12-,14-/m1/s1. The molecule has 0 amide bonds. The lowest BCUT2D eigenvalue weighted by Gasteiger charge is -2.23. The van der Waals surface area contributed by atoms with E-state index in [0.29, 0.717) is 24.2 Å². The van der Waals surface area contributed by atoms with Crippen LogP contribution in [0, 0.1) is 16.0 Å². The van der Waals surface area contributed by atoms with E-state index in [1.165, 1.54) is 0 Å². The molecule has 0 N–H and O–H groups in total. The van der Waals surface area contributed by atoms with E-state index in [4.69, 9.17) is 4.74 Å². The SMILES string of the molecule is COc1ccc([C@H]([C@@H]2CCCCC2=O)[N+](=O)[O-])cc1. The molecule has 0 heterocycles.